The highest BCUT2D eigenvalue weighted by Gasteiger charge is 2.21. The van der Waals surface area contributed by atoms with Gasteiger partial charge in [0.25, 0.3) is 0 Å². The van der Waals surface area contributed by atoms with Gasteiger partial charge in [-0.2, -0.15) is 16.3 Å². The van der Waals surface area contributed by atoms with E-state index in [1.54, 1.807) is 11.3 Å². The quantitative estimate of drug-likeness (QED) is 0.662. The molecule has 2 aromatic heterocycles. The summed E-state index contributed by atoms with van der Waals surface area (Å²) in [5, 5.41) is 8.14. The van der Waals surface area contributed by atoms with Crippen LogP contribution in [0.1, 0.15) is 12.8 Å². The number of thiophene rings is 1. The first-order chi connectivity index (χ1) is 12.8. The molecule has 0 unspecified atom stereocenters. The average Bonchev–Trinajstić information content (AvgIpc) is 3.35. The number of hydrogen-bond donors (Lipinski definition) is 0. The highest BCUT2D eigenvalue weighted by molar-refractivity contribution is 7.08. The van der Waals surface area contributed by atoms with Crippen LogP contribution in [0.15, 0.2) is 45.6 Å². The fourth-order valence-electron chi connectivity index (χ4n) is 3.16. The highest BCUT2D eigenvalue weighted by atomic mass is 32.1. The van der Waals surface area contributed by atoms with Crippen molar-refractivity contribution in [2.45, 2.75) is 13.5 Å². The van der Waals surface area contributed by atoms with Crippen LogP contribution in [0.25, 0.3) is 11.4 Å². The van der Waals surface area contributed by atoms with Gasteiger partial charge in [0.1, 0.15) is 5.75 Å². The molecule has 1 aromatic carbocycles. The Morgan fingerprint density at radius 2 is 2.00 bits per heavy atom. The summed E-state index contributed by atoms with van der Waals surface area (Å²) in [6.45, 7) is 7.21. The lowest BCUT2D eigenvalue weighted by molar-refractivity contribution is 0.215. The second-order valence-corrected chi connectivity index (χ2v) is 6.97. The minimum Gasteiger partial charge on any atom is -0.492 e. The van der Waals surface area contributed by atoms with Crippen molar-refractivity contribution in [1.29, 1.82) is 0 Å². The SMILES string of the molecule is CCOc1ccccc1N1CCN(Cc2nc(-c3ccsc3)no2)CC1. The zero-order valence-electron chi connectivity index (χ0n) is 14.8. The molecule has 1 aliphatic heterocycles. The average molecular weight is 370 g/mol. The second-order valence-electron chi connectivity index (χ2n) is 6.19. The lowest BCUT2D eigenvalue weighted by Gasteiger charge is -2.36. The van der Waals surface area contributed by atoms with Crippen molar-refractivity contribution in [3.63, 3.8) is 0 Å². The molecule has 0 atom stereocenters. The van der Waals surface area contributed by atoms with Crippen LogP contribution in [0.2, 0.25) is 0 Å². The number of aromatic nitrogens is 2. The summed E-state index contributed by atoms with van der Waals surface area (Å²) in [7, 11) is 0. The van der Waals surface area contributed by atoms with E-state index < -0.39 is 0 Å². The third-order valence-corrected chi connectivity index (χ3v) is 5.17. The molecule has 136 valence electrons. The van der Waals surface area contributed by atoms with Gasteiger partial charge in [0.15, 0.2) is 0 Å². The van der Waals surface area contributed by atoms with E-state index in [1.807, 2.05) is 35.9 Å². The van der Waals surface area contributed by atoms with E-state index in [0.29, 0.717) is 24.9 Å². The third-order valence-electron chi connectivity index (χ3n) is 4.48. The van der Waals surface area contributed by atoms with Crippen LogP contribution in [-0.4, -0.2) is 47.8 Å². The van der Waals surface area contributed by atoms with E-state index >= 15 is 0 Å². The van der Waals surface area contributed by atoms with Crippen LogP contribution in [0.4, 0.5) is 5.69 Å². The number of hydrogen-bond acceptors (Lipinski definition) is 7. The first-order valence-electron chi connectivity index (χ1n) is 8.88. The summed E-state index contributed by atoms with van der Waals surface area (Å²) in [5.41, 5.74) is 2.19. The summed E-state index contributed by atoms with van der Waals surface area (Å²) in [4.78, 5) is 9.25. The minimum absolute atomic E-state index is 0.672. The zero-order chi connectivity index (χ0) is 17.8. The number of benzene rings is 1. The molecule has 3 aromatic rings. The molecule has 4 rings (SSSR count). The molecule has 1 fully saturated rings. The first kappa shape index (κ1) is 17.1. The standard InChI is InChI=1S/C19H22N4O2S/c1-2-24-17-6-4-3-5-16(17)23-10-8-22(9-11-23)13-18-20-19(21-25-18)15-7-12-26-14-15/h3-7,12,14H,2,8-11,13H2,1H3. The molecule has 1 aliphatic rings. The number of ether oxygens (including phenoxy) is 1. The normalized spacial score (nSPS) is 15.3. The van der Waals surface area contributed by atoms with Gasteiger partial charge in [-0.1, -0.05) is 17.3 Å². The van der Waals surface area contributed by atoms with Gasteiger partial charge in [-0.15, -0.1) is 0 Å². The zero-order valence-corrected chi connectivity index (χ0v) is 15.6. The Kier molecular flexibility index (Phi) is 5.17. The maximum atomic E-state index is 5.76. The Balaban J connectivity index is 1.36. The van der Waals surface area contributed by atoms with Crippen molar-refractivity contribution in [3.8, 4) is 17.1 Å². The molecule has 26 heavy (non-hydrogen) atoms. The summed E-state index contributed by atoms with van der Waals surface area (Å²) < 4.78 is 11.2. The van der Waals surface area contributed by atoms with E-state index in [9.17, 15) is 0 Å². The van der Waals surface area contributed by atoms with E-state index in [0.717, 1.165) is 37.5 Å². The number of anilines is 1. The molecule has 0 saturated carbocycles. The fraction of sp³-hybridized carbons (Fsp3) is 0.368. The summed E-state index contributed by atoms with van der Waals surface area (Å²) in [6.07, 6.45) is 0. The van der Waals surface area contributed by atoms with E-state index in [-0.39, 0.29) is 0 Å². The van der Waals surface area contributed by atoms with Gasteiger partial charge in [-0.3, -0.25) is 4.90 Å². The first-order valence-corrected chi connectivity index (χ1v) is 9.82. The van der Waals surface area contributed by atoms with Crippen LogP contribution in [0.3, 0.4) is 0 Å². The Morgan fingerprint density at radius 1 is 1.15 bits per heavy atom. The van der Waals surface area contributed by atoms with Crippen molar-refractivity contribution in [1.82, 2.24) is 15.0 Å². The second kappa shape index (κ2) is 7.88. The Hall–Kier alpha value is -2.38. The van der Waals surface area contributed by atoms with Crippen molar-refractivity contribution in [3.05, 3.63) is 47.0 Å². The smallest absolute Gasteiger partial charge is 0.241 e. The van der Waals surface area contributed by atoms with Gasteiger partial charge in [0.2, 0.25) is 11.7 Å². The van der Waals surface area contributed by atoms with E-state index in [2.05, 4.69) is 32.1 Å². The minimum atomic E-state index is 0.672. The maximum absolute atomic E-state index is 5.76. The van der Waals surface area contributed by atoms with Gasteiger partial charge >= 0.3 is 0 Å². The van der Waals surface area contributed by atoms with Crippen LogP contribution in [-0.2, 0) is 6.54 Å². The predicted octanol–water partition coefficient (Wildman–Crippen LogP) is 3.52. The molecule has 0 amide bonds. The lowest BCUT2D eigenvalue weighted by Crippen LogP contribution is -2.46. The van der Waals surface area contributed by atoms with Gasteiger partial charge < -0.3 is 14.2 Å². The Labute approximate surface area is 157 Å². The van der Waals surface area contributed by atoms with Crippen LogP contribution < -0.4 is 9.64 Å². The summed E-state index contributed by atoms with van der Waals surface area (Å²) in [5.74, 6) is 2.31. The van der Waals surface area contributed by atoms with E-state index in [4.69, 9.17) is 9.26 Å². The topological polar surface area (TPSA) is 54.6 Å². The molecule has 0 bridgehead atoms. The molecular formula is C19H22N4O2S. The number of piperazine rings is 1. The molecule has 0 radical (unpaired) electrons. The van der Waals surface area contributed by atoms with Crippen LogP contribution >= 0.6 is 11.3 Å². The Bertz CT molecular complexity index is 826. The molecule has 0 spiro atoms. The molecular weight excluding hydrogens is 348 g/mol. The monoisotopic (exact) mass is 370 g/mol. The maximum Gasteiger partial charge on any atom is 0.241 e. The predicted molar refractivity (Wildman–Crippen MR) is 103 cm³/mol. The van der Waals surface area contributed by atoms with Crippen LogP contribution in [0, 0.1) is 0 Å². The molecule has 7 heteroatoms. The molecule has 6 nitrogen and oxygen atoms in total. The van der Waals surface area contributed by atoms with E-state index in [1.165, 1.54) is 5.69 Å². The molecule has 0 N–H and O–H groups in total. The molecule has 3 heterocycles. The van der Waals surface area contributed by atoms with Gasteiger partial charge in [0, 0.05) is 37.1 Å². The third kappa shape index (κ3) is 3.73. The van der Waals surface area contributed by atoms with Crippen molar-refractivity contribution in [2.24, 2.45) is 0 Å². The lowest BCUT2D eigenvalue weighted by atomic mass is 10.2. The fourth-order valence-corrected chi connectivity index (χ4v) is 3.80. The van der Waals surface area contributed by atoms with Crippen LogP contribution in [0.5, 0.6) is 5.75 Å². The van der Waals surface area contributed by atoms with Crippen molar-refractivity contribution < 1.29 is 9.26 Å². The van der Waals surface area contributed by atoms with Crippen molar-refractivity contribution >= 4 is 17.0 Å². The number of nitrogens with zero attached hydrogens (tertiary/aromatic N) is 4. The Morgan fingerprint density at radius 3 is 2.77 bits per heavy atom. The van der Waals surface area contributed by atoms with Gasteiger partial charge in [-0.25, -0.2) is 0 Å². The summed E-state index contributed by atoms with van der Waals surface area (Å²) in [6, 6.07) is 10.3. The highest BCUT2D eigenvalue weighted by Crippen LogP contribution is 2.29. The molecule has 0 aliphatic carbocycles. The molecule has 1 saturated heterocycles. The van der Waals surface area contributed by atoms with Gasteiger partial charge in [0.05, 0.1) is 18.8 Å². The number of rotatable bonds is 6. The van der Waals surface area contributed by atoms with Gasteiger partial charge in [-0.05, 0) is 30.5 Å². The number of para-hydroxylation sites is 2. The largest absolute Gasteiger partial charge is 0.492 e. The van der Waals surface area contributed by atoms with Crippen molar-refractivity contribution in [2.75, 3.05) is 37.7 Å². The summed E-state index contributed by atoms with van der Waals surface area (Å²) >= 11 is 1.63.